The van der Waals surface area contributed by atoms with E-state index < -0.39 is 0 Å². The zero-order valence-corrected chi connectivity index (χ0v) is 6.04. The Bertz CT molecular complexity index is 23.6. The lowest BCUT2D eigenvalue weighted by atomic mass is 10.3. The van der Waals surface area contributed by atoms with Crippen molar-refractivity contribution in [2.24, 2.45) is 0 Å². The SMILES string of the molecule is C=C.CCCCNC. The average Bonchev–Trinajstić information content (AvgIpc) is 1.88. The first-order chi connectivity index (χ1) is 3.91. The summed E-state index contributed by atoms with van der Waals surface area (Å²) in [5.41, 5.74) is 0. The summed E-state index contributed by atoms with van der Waals surface area (Å²) in [5.74, 6) is 0. The molecule has 0 amide bonds. The molecule has 0 rings (SSSR count). The van der Waals surface area contributed by atoms with E-state index in [2.05, 4.69) is 25.4 Å². The smallest absolute Gasteiger partial charge is 0.00520 e. The molecule has 1 heteroatoms. The Morgan fingerprint density at radius 1 is 1.38 bits per heavy atom. The van der Waals surface area contributed by atoms with Gasteiger partial charge in [-0.05, 0) is 20.0 Å². The van der Waals surface area contributed by atoms with Crippen molar-refractivity contribution >= 4 is 0 Å². The van der Waals surface area contributed by atoms with Crippen LogP contribution in [0.25, 0.3) is 0 Å². The Balaban J connectivity index is 0. The molecule has 0 saturated heterocycles. The molecule has 1 nitrogen and oxygen atoms in total. The van der Waals surface area contributed by atoms with Crippen molar-refractivity contribution in [1.29, 1.82) is 0 Å². The standard InChI is InChI=1S/C5H13N.C2H4/c1-3-4-5-6-2;1-2/h6H,3-5H2,1-2H3;1-2H2. The second-order valence-corrected chi connectivity index (χ2v) is 1.46. The van der Waals surface area contributed by atoms with Crippen LogP contribution in [-0.4, -0.2) is 13.6 Å². The van der Waals surface area contributed by atoms with Gasteiger partial charge in [0.25, 0.3) is 0 Å². The van der Waals surface area contributed by atoms with Crippen molar-refractivity contribution in [1.82, 2.24) is 5.32 Å². The van der Waals surface area contributed by atoms with Crippen molar-refractivity contribution in [3.8, 4) is 0 Å². The van der Waals surface area contributed by atoms with Crippen LogP contribution in [0.3, 0.4) is 0 Å². The number of hydrogen-bond acceptors (Lipinski definition) is 1. The third-order valence-electron chi connectivity index (χ3n) is 0.780. The minimum absolute atomic E-state index is 1.16. The van der Waals surface area contributed by atoms with Gasteiger partial charge in [0, 0.05) is 0 Å². The van der Waals surface area contributed by atoms with Gasteiger partial charge in [0.05, 0.1) is 0 Å². The van der Waals surface area contributed by atoms with Crippen molar-refractivity contribution in [3.63, 3.8) is 0 Å². The van der Waals surface area contributed by atoms with Crippen LogP contribution in [0.15, 0.2) is 13.2 Å². The van der Waals surface area contributed by atoms with Gasteiger partial charge in [-0.25, -0.2) is 0 Å². The van der Waals surface area contributed by atoms with Crippen LogP contribution in [0.4, 0.5) is 0 Å². The summed E-state index contributed by atoms with van der Waals surface area (Å²) in [6.45, 7) is 9.36. The molecule has 0 aliphatic carbocycles. The molecule has 0 unspecified atom stereocenters. The van der Waals surface area contributed by atoms with Gasteiger partial charge < -0.3 is 5.32 Å². The van der Waals surface area contributed by atoms with Crippen molar-refractivity contribution in [3.05, 3.63) is 13.2 Å². The first kappa shape index (κ1) is 10.6. The zero-order chi connectivity index (χ0) is 6.83. The van der Waals surface area contributed by atoms with Gasteiger partial charge in [-0.15, -0.1) is 13.2 Å². The van der Waals surface area contributed by atoms with E-state index in [9.17, 15) is 0 Å². The van der Waals surface area contributed by atoms with Gasteiger partial charge >= 0.3 is 0 Å². The molecule has 0 radical (unpaired) electrons. The summed E-state index contributed by atoms with van der Waals surface area (Å²) in [7, 11) is 1.98. The van der Waals surface area contributed by atoms with Crippen molar-refractivity contribution in [2.75, 3.05) is 13.6 Å². The van der Waals surface area contributed by atoms with Crippen LogP contribution >= 0.6 is 0 Å². The predicted molar refractivity (Wildman–Crippen MR) is 40.1 cm³/mol. The van der Waals surface area contributed by atoms with Gasteiger partial charge in [0.2, 0.25) is 0 Å². The van der Waals surface area contributed by atoms with Crippen LogP contribution in [-0.2, 0) is 0 Å². The quantitative estimate of drug-likeness (QED) is 0.437. The summed E-state index contributed by atoms with van der Waals surface area (Å²) in [6.07, 6.45) is 2.59. The average molecular weight is 115 g/mol. The van der Waals surface area contributed by atoms with Gasteiger partial charge in [-0.3, -0.25) is 0 Å². The van der Waals surface area contributed by atoms with Gasteiger partial charge in [0.1, 0.15) is 0 Å². The Labute approximate surface area is 52.8 Å². The molecule has 0 aliphatic rings. The lowest BCUT2D eigenvalue weighted by Gasteiger charge is -1.89. The molecular formula is C7H17N. The highest BCUT2D eigenvalue weighted by atomic mass is 14.8. The molecule has 8 heavy (non-hydrogen) atoms. The van der Waals surface area contributed by atoms with Crippen LogP contribution in [0.1, 0.15) is 19.8 Å². The van der Waals surface area contributed by atoms with E-state index in [4.69, 9.17) is 0 Å². The molecule has 0 aromatic carbocycles. The van der Waals surface area contributed by atoms with E-state index in [1.165, 1.54) is 12.8 Å². The number of unbranched alkanes of at least 4 members (excludes halogenated alkanes) is 1. The first-order valence-corrected chi connectivity index (χ1v) is 3.06. The molecule has 50 valence electrons. The summed E-state index contributed by atoms with van der Waals surface area (Å²) in [6, 6.07) is 0. The van der Waals surface area contributed by atoms with Crippen molar-refractivity contribution < 1.29 is 0 Å². The highest BCUT2D eigenvalue weighted by Crippen LogP contribution is 1.79. The van der Waals surface area contributed by atoms with Gasteiger partial charge in [0.15, 0.2) is 0 Å². The van der Waals surface area contributed by atoms with Crippen molar-refractivity contribution in [2.45, 2.75) is 19.8 Å². The maximum atomic E-state index is 3.07. The molecule has 0 heterocycles. The minimum Gasteiger partial charge on any atom is -0.320 e. The first-order valence-electron chi connectivity index (χ1n) is 3.06. The van der Waals surface area contributed by atoms with Crippen LogP contribution < -0.4 is 5.32 Å². The predicted octanol–water partition coefficient (Wildman–Crippen LogP) is 1.81. The molecule has 0 saturated carbocycles. The highest BCUT2D eigenvalue weighted by Gasteiger charge is 1.73. The maximum Gasteiger partial charge on any atom is -0.00520 e. The molecule has 0 aromatic rings. The molecule has 0 spiro atoms. The molecular weight excluding hydrogens is 98.1 g/mol. The fraction of sp³-hybridized carbons (Fsp3) is 0.714. The van der Waals surface area contributed by atoms with E-state index in [1.54, 1.807) is 0 Å². The monoisotopic (exact) mass is 115 g/mol. The number of hydrogen-bond donors (Lipinski definition) is 1. The van der Waals surface area contributed by atoms with Crippen LogP contribution in [0.5, 0.6) is 0 Å². The Morgan fingerprint density at radius 2 is 1.88 bits per heavy atom. The van der Waals surface area contributed by atoms with E-state index in [0.717, 1.165) is 6.54 Å². The lowest BCUT2D eigenvalue weighted by Crippen LogP contribution is -2.06. The van der Waals surface area contributed by atoms with E-state index >= 15 is 0 Å². The lowest BCUT2D eigenvalue weighted by molar-refractivity contribution is 0.711. The molecule has 1 N–H and O–H groups in total. The fourth-order valence-corrected chi connectivity index (χ4v) is 0.354. The molecule has 0 aromatic heterocycles. The summed E-state index contributed by atoms with van der Waals surface area (Å²) >= 11 is 0. The van der Waals surface area contributed by atoms with Crippen LogP contribution in [0.2, 0.25) is 0 Å². The Morgan fingerprint density at radius 3 is 2.00 bits per heavy atom. The second-order valence-electron chi connectivity index (χ2n) is 1.46. The Kier molecular flexibility index (Phi) is 21.1. The van der Waals surface area contributed by atoms with E-state index in [-0.39, 0.29) is 0 Å². The maximum absolute atomic E-state index is 3.07. The molecule has 0 aliphatic heterocycles. The number of nitrogens with one attached hydrogen (secondary N) is 1. The largest absolute Gasteiger partial charge is 0.320 e. The molecule has 0 bridgehead atoms. The summed E-state index contributed by atoms with van der Waals surface area (Å²) in [5, 5.41) is 3.07. The summed E-state index contributed by atoms with van der Waals surface area (Å²) in [4.78, 5) is 0. The Hall–Kier alpha value is -0.300. The third-order valence-corrected chi connectivity index (χ3v) is 0.780. The summed E-state index contributed by atoms with van der Waals surface area (Å²) < 4.78 is 0. The zero-order valence-electron chi connectivity index (χ0n) is 6.04. The normalized spacial score (nSPS) is 7.25. The van der Waals surface area contributed by atoms with Crippen LogP contribution in [0, 0.1) is 0 Å². The highest BCUT2D eigenvalue weighted by molar-refractivity contribution is 4.34. The number of rotatable bonds is 3. The third kappa shape index (κ3) is 17.3. The van der Waals surface area contributed by atoms with E-state index in [1.807, 2.05) is 7.05 Å². The van der Waals surface area contributed by atoms with Gasteiger partial charge in [-0.2, -0.15) is 0 Å². The molecule has 0 fully saturated rings. The fourth-order valence-electron chi connectivity index (χ4n) is 0.354. The topological polar surface area (TPSA) is 12.0 Å². The van der Waals surface area contributed by atoms with Gasteiger partial charge in [-0.1, -0.05) is 13.3 Å². The van der Waals surface area contributed by atoms with E-state index in [0.29, 0.717) is 0 Å². The minimum atomic E-state index is 1.16. The molecule has 0 atom stereocenters. The second kappa shape index (κ2) is 15.9.